The molecule has 0 unspecified atom stereocenters. The molecule has 1 saturated carbocycles. The fraction of sp³-hybridized carbons (Fsp3) is 0.889. The number of rotatable bonds is 2. The smallest absolute Gasteiger partial charge is 0.309 e. The minimum absolute atomic E-state index is 0.0972. The van der Waals surface area contributed by atoms with E-state index in [0.717, 1.165) is 0 Å². The number of aliphatic hydroxyl groups is 1. The topological polar surface area (TPSA) is 46.5 Å². The molecule has 0 amide bonds. The van der Waals surface area contributed by atoms with Crippen molar-refractivity contribution >= 4 is 5.97 Å². The van der Waals surface area contributed by atoms with Crippen molar-refractivity contribution in [3.8, 4) is 0 Å². The molecule has 0 radical (unpaired) electrons. The van der Waals surface area contributed by atoms with Gasteiger partial charge in [-0.2, -0.15) is 0 Å². The fourth-order valence-electron chi connectivity index (χ4n) is 1.57. The Morgan fingerprint density at radius 3 is 2.85 bits per heavy atom. The Morgan fingerprint density at radius 1 is 1.62 bits per heavy atom. The summed E-state index contributed by atoms with van der Waals surface area (Å²) < 4.78 is 17.7. The Hall–Kier alpha value is -0.640. The molecule has 0 aromatic heterocycles. The number of carbonyl (C=O) groups excluding carboxylic acids is 1. The van der Waals surface area contributed by atoms with Crippen molar-refractivity contribution in [3.05, 3.63) is 0 Å². The molecule has 3 atom stereocenters. The summed E-state index contributed by atoms with van der Waals surface area (Å²) in [7, 11) is 0. The van der Waals surface area contributed by atoms with Gasteiger partial charge in [-0.1, -0.05) is 0 Å². The van der Waals surface area contributed by atoms with Crippen molar-refractivity contribution in [2.45, 2.75) is 38.5 Å². The third-order valence-corrected chi connectivity index (χ3v) is 2.36. The van der Waals surface area contributed by atoms with Gasteiger partial charge in [-0.05, 0) is 26.2 Å². The molecule has 0 heterocycles. The SMILES string of the molecule is CCOC(=O)[C@@H]1CC[C@@H](O)[C@@H](F)C1. The first-order valence-electron chi connectivity index (χ1n) is 4.64. The van der Waals surface area contributed by atoms with Gasteiger partial charge in [0.2, 0.25) is 0 Å². The fourth-order valence-corrected chi connectivity index (χ4v) is 1.57. The monoisotopic (exact) mass is 190 g/mol. The molecular formula is C9H15FO3. The summed E-state index contributed by atoms with van der Waals surface area (Å²) in [5.41, 5.74) is 0. The molecule has 76 valence electrons. The number of halogens is 1. The number of alkyl halides is 1. The van der Waals surface area contributed by atoms with Crippen LogP contribution in [0.5, 0.6) is 0 Å². The second kappa shape index (κ2) is 4.56. The van der Waals surface area contributed by atoms with Crippen LogP contribution in [0, 0.1) is 5.92 Å². The number of aliphatic hydroxyl groups excluding tert-OH is 1. The van der Waals surface area contributed by atoms with Crippen LogP contribution in [0.3, 0.4) is 0 Å². The quantitative estimate of drug-likeness (QED) is 0.662. The highest BCUT2D eigenvalue weighted by atomic mass is 19.1. The molecule has 1 N–H and O–H groups in total. The van der Waals surface area contributed by atoms with Gasteiger partial charge in [-0.25, -0.2) is 4.39 Å². The minimum atomic E-state index is -1.27. The second-order valence-corrected chi connectivity index (χ2v) is 3.35. The van der Waals surface area contributed by atoms with Crippen molar-refractivity contribution in [2.24, 2.45) is 5.92 Å². The standard InChI is InChI=1S/C9H15FO3/c1-2-13-9(12)6-3-4-8(11)7(10)5-6/h6-8,11H,2-5H2,1H3/t6-,7+,8-/m1/s1. The Kier molecular flexibility index (Phi) is 3.66. The molecular weight excluding hydrogens is 175 g/mol. The zero-order valence-electron chi connectivity index (χ0n) is 7.70. The normalized spacial score (nSPS) is 34.2. The van der Waals surface area contributed by atoms with Crippen molar-refractivity contribution in [3.63, 3.8) is 0 Å². The minimum Gasteiger partial charge on any atom is -0.466 e. The van der Waals surface area contributed by atoms with Gasteiger partial charge in [0.1, 0.15) is 6.17 Å². The van der Waals surface area contributed by atoms with Crippen LogP contribution in [-0.2, 0) is 9.53 Å². The predicted octanol–water partition coefficient (Wildman–Crippen LogP) is 1.05. The maximum Gasteiger partial charge on any atom is 0.309 e. The molecule has 1 fully saturated rings. The molecule has 0 aliphatic heterocycles. The lowest BCUT2D eigenvalue weighted by atomic mass is 9.86. The van der Waals surface area contributed by atoms with Crippen molar-refractivity contribution in [2.75, 3.05) is 6.61 Å². The zero-order chi connectivity index (χ0) is 9.84. The summed E-state index contributed by atoms with van der Waals surface area (Å²) in [4.78, 5) is 11.2. The van der Waals surface area contributed by atoms with Gasteiger partial charge in [0.15, 0.2) is 0 Å². The van der Waals surface area contributed by atoms with Gasteiger partial charge < -0.3 is 9.84 Å². The first-order chi connectivity index (χ1) is 6.15. The number of ether oxygens (including phenoxy) is 1. The second-order valence-electron chi connectivity index (χ2n) is 3.35. The maximum absolute atomic E-state index is 13.0. The maximum atomic E-state index is 13.0. The Balaban J connectivity index is 2.40. The van der Waals surface area contributed by atoms with Crippen LogP contribution in [0.2, 0.25) is 0 Å². The molecule has 1 rings (SSSR count). The first kappa shape index (κ1) is 10.4. The largest absolute Gasteiger partial charge is 0.466 e. The molecule has 1 aliphatic rings. The van der Waals surface area contributed by atoms with Crippen LogP contribution in [0.25, 0.3) is 0 Å². The van der Waals surface area contributed by atoms with Gasteiger partial charge in [-0.3, -0.25) is 4.79 Å². The predicted molar refractivity (Wildman–Crippen MR) is 44.9 cm³/mol. The highest BCUT2D eigenvalue weighted by molar-refractivity contribution is 5.72. The van der Waals surface area contributed by atoms with Crippen LogP contribution in [0.4, 0.5) is 4.39 Å². The Morgan fingerprint density at radius 2 is 2.31 bits per heavy atom. The van der Waals surface area contributed by atoms with E-state index in [2.05, 4.69) is 0 Å². The third kappa shape index (κ3) is 2.66. The van der Waals surface area contributed by atoms with Gasteiger partial charge in [0, 0.05) is 0 Å². The molecule has 3 nitrogen and oxygen atoms in total. The summed E-state index contributed by atoms with van der Waals surface area (Å²) in [6.07, 6.45) is -1.20. The van der Waals surface area contributed by atoms with Crippen LogP contribution in [0.15, 0.2) is 0 Å². The van der Waals surface area contributed by atoms with Crippen LogP contribution in [-0.4, -0.2) is 30.0 Å². The average molecular weight is 190 g/mol. The summed E-state index contributed by atoms with van der Waals surface area (Å²) in [5, 5.41) is 9.08. The Labute approximate surface area is 76.9 Å². The molecule has 0 aromatic rings. The molecule has 13 heavy (non-hydrogen) atoms. The molecule has 0 bridgehead atoms. The number of hydrogen-bond acceptors (Lipinski definition) is 3. The van der Waals surface area contributed by atoms with Crippen molar-refractivity contribution < 1.29 is 19.0 Å². The van der Waals surface area contributed by atoms with Crippen molar-refractivity contribution in [1.29, 1.82) is 0 Å². The van der Waals surface area contributed by atoms with E-state index in [0.29, 0.717) is 19.4 Å². The van der Waals surface area contributed by atoms with Crippen LogP contribution >= 0.6 is 0 Å². The van der Waals surface area contributed by atoms with E-state index < -0.39 is 12.3 Å². The highest BCUT2D eigenvalue weighted by Crippen LogP contribution is 2.27. The molecule has 0 aromatic carbocycles. The van der Waals surface area contributed by atoms with E-state index >= 15 is 0 Å². The van der Waals surface area contributed by atoms with Gasteiger partial charge in [0.05, 0.1) is 18.6 Å². The average Bonchev–Trinajstić information content (AvgIpc) is 2.10. The summed E-state index contributed by atoms with van der Waals surface area (Å²) >= 11 is 0. The Bertz CT molecular complexity index is 184. The van der Waals surface area contributed by atoms with Crippen molar-refractivity contribution in [1.82, 2.24) is 0 Å². The van der Waals surface area contributed by atoms with E-state index in [1.54, 1.807) is 6.92 Å². The summed E-state index contributed by atoms with van der Waals surface area (Å²) in [6, 6.07) is 0. The van der Waals surface area contributed by atoms with Gasteiger partial charge >= 0.3 is 5.97 Å². The lowest BCUT2D eigenvalue weighted by Gasteiger charge is -2.26. The van der Waals surface area contributed by atoms with E-state index in [1.807, 2.05) is 0 Å². The first-order valence-corrected chi connectivity index (χ1v) is 4.64. The van der Waals surface area contributed by atoms with E-state index in [4.69, 9.17) is 9.84 Å². The lowest BCUT2D eigenvalue weighted by Crippen LogP contribution is -2.34. The van der Waals surface area contributed by atoms with E-state index in [9.17, 15) is 9.18 Å². The lowest BCUT2D eigenvalue weighted by molar-refractivity contribution is -0.151. The van der Waals surface area contributed by atoms with Gasteiger partial charge in [0.25, 0.3) is 0 Å². The molecule has 4 heteroatoms. The number of carbonyl (C=O) groups is 1. The third-order valence-electron chi connectivity index (χ3n) is 2.36. The van der Waals surface area contributed by atoms with Crippen LogP contribution in [0.1, 0.15) is 26.2 Å². The van der Waals surface area contributed by atoms with E-state index in [1.165, 1.54) is 0 Å². The van der Waals surface area contributed by atoms with Gasteiger partial charge in [-0.15, -0.1) is 0 Å². The summed E-state index contributed by atoms with van der Waals surface area (Å²) in [6.45, 7) is 2.05. The van der Waals surface area contributed by atoms with E-state index in [-0.39, 0.29) is 18.3 Å². The molecule has 0 spiro atoms. The number of esters is 1. The van der Waals surface area contributed by atoms with Crippen LogP contribution < -0.4 is 0 Å². The summed E-state index contributed by atoms with van der Waals surface area (Å²) in [5.74, 6) is -0.699. The highest BCUT2D eigenvalue weighted by Gasteiger charge is 2.33. The number of hydrogen-bond donors (Lipinski definition) is 1. The zero-order valence-corrected chi connectivity index (χ0v) is 7.70. The molecule has 0 saturated heterocycles. The molecule has 1 aliphatic carbocycles.